The molecule has 1 aromatic heterocycles. The van der Waals surface area contributed by atoms with Gasteiger partial charge in [-0.25, -0.2) is 13.8 Å². The summed E-state index contributed by atoms with van der Waals surface area (Å²) in [5.74, 6) is -0.236. The number of halogens is 2. The van der Waals surface area contributed by atoms with Gasteiger partial charge in [0.1, 0.15) is 17.5 Å². The molecule has 2 N–H and O–H groups in total. The van der Waals surface area contributed by atoms with E-state index in [9.17, 15) is 13.9 Å². The van der Waals surface area contributed by atoms with Gasteiger partial charge in [0, 0.05) is 18.0 Å². The number of aliphatic hydroxyl groups is 1. The van der Waals surface area contributed by atoms with Crippen LogP contribution in [-0.4, -0.2) is 39.7 Å². The summed E-state index contributed by atoms with van der Waals surface area (Å²) >= 11 is 0. The van der Waals surface area contributed by atoms with E-state index < -0.39 is 17.0 Å². The van der Waals surface area contributed by atoms with Crippen LogP contribution < -0.4 is 0 Å². The fourth-order valence-electron chi connectivity index (χ4n) is 4.14. The molecule has 142 valence electrons. The summed E-state index contributed by atoms with van der Waals surface area (Å²) in [4.78, 5) is 10.2. The third-order valence-corrected chi connectivity index (χ3v) is 5.47. The average Bonchev–Trinajstić information content (AvgIpc) is 3.06. The Morgan fingerprint density at radius 3 is 2.81 bits per heavy atom. The second kappa shape index (κ2) is 7.37. The zero-order chi connectivity index (χ0) is 18.9. The molecule has 1 aliphatic heterocycles. The molecule has 0 spiro atoms. The number of piperidine rings is 1. The molecule has 4 rings (SSSR count). The van der Waals surface area contributed by atoms with Crippen LogP contribution in [0, 0.1) is 17.0 Å². The first-order chi connectivity index (χ1) is 13.1. The van der Waals surface area contributed by atoms with E-state index in [1.807, 2.05) is 24.3 Å². The molecule has 0 saturated carbocycles. The standard InChI is InChI=1S/C21H23F2N3O/c22-16-7-6-15(17(23)10-16)11-21(14-27)8-3-9-26(13-21)12-20-24-18-4-1-2-5-19(18)25-20/h1-2,4-7,10,27H,3,8-9,11-14H2,(H,24,25). The lowest BCUT2D eigenvalue weighted by Gasteiger charge is -2.41. The quantitative estimate of drug-likeness (QED) is 0.720. The fraction of sp³-hybridized carbons (Fsp3) is 0.381. The molecule has 1 unspecified atom stereocenters. The molecule has 2 aromatic carbocycles. The minimum atomic E-state index is -0.579. The van der Waals surface area contributed by atoms with E-state index in [2.05, 4.69) is 14.9 Å². The van der Waals surface area contributed by atoms with E-state index >= 15 is 0 Å². The lowest BCUT2D eigenvalue weighted by Crippen LogP contribution is -2.46. The Morgan fingerprint density at radius 1 is 1.19 bits per heavy atom. The van der Waals surface area contributed by atoms with Crippen molar-refractivity contribution in [3.8, 4) is 0 Å². The van der Waals surface area contributed by atoms with Gasteiger partial charge in [-0.1, -0.05) is 18.2 Å². The second-order valence-electron chi connectivity index (χ2n) is 7.59. The van der Waals surface area contributed by atoms with Crippen molar-refractivity contribution in [2.75, 3.05) is 19.7 Å². The van der Waals surface area contributed by atoms with Crippen molar-refractivity contribution in [2.45, 2.75) is 25.8 Å². The highest BCUT2D eigenvalue weighted by atomic mass is 19.1. The number of benzene rings is 2. The predicted molar refractivity (Wildman–Crippen MR) is 100 cm³/mol. The van der Waals surface area contributed by atoms with Crippen molar-refractivity contribution in [3.63, 3.8) is 0 Å². The Balaban J connectivity index is 1.50. The lowest BCUT2D eigenvalue weighted by molar-refractivity contribution is 0.0273. The van der Waals surface area contributed by atoms with Crippen molar-refractivity contribution in [1.82, 2.24) is 14.9 Å². The van der Waals surface area contributed by atoms with Crippen LogP contribution in [0.4, 0.5) is 8.78 Å². The predicted octanol–water partition coefficient (Wildman–Crippen LogP) is 3.66. The molecule has 0 aliphatic carbocycles. The SMILES string of the molecule is OCC1(Cc2ccc(F)cc2F)CCCN(Cc2nc3ccccc3[nH]2)C1. The van der Waals surface area contributed by atoms with Crippen LogP contribution in [0.1, 0.15) is 24.2 Å². The van der Waals surface area contributed by atoms with Crippen LogP contribution in [0.15, 0.2) is 42.5 Å². The minimum absolute atomic E-state index is 0.0273. The molecule has 1 fully saturated rings. The summed E-state index contributed by atoms with van der Waals surface area (Å²) in [5.41, 5.74) is 1.97. The number of para-hydroxylation sites is 2. The van der Waals surface area contributed by atoms with Gasteiger partial charge >= 0.3 is 0 Å². The minimum Gasteiger partial charge on any atom is -0.396 e. The van der Waals surface area contributed by atoms with E-state index in [1.54, 1.807) is 0 Å². The zero-order valence-corrected chi connectivity index (χ0v) is 15.1. The number of nitrogens with zero attached hydrogens (tertiary/aromatic N) is 2. The van der Waals surface area contributed by atoms with E-state index in [0.29, 0.717) is 25.1 Å². The Bertz CT molecular complexity index is 909. The van der Waals surface area contributed by atoms with Crippen LogP contribution in [0.3, 0.4) is 0 Å². The molecule has 6 heteroatoms. The molecule has 27 heavy (non-hydrogen) atoms. The summed E-state index contributed by atoms with van der Waals surface area (Å²) in [7, 11) is 0. The van der Waals surface area contributed by atoms with Gasteiger partial charge in [0.2, 0.25) is 0 Å². The number of fused-ring (bicyclic) bond motifs is 1. The number of hydrogen-bond acceptors (Lipinski definition) is 3. The number of H-pyrrole nitrogens is 1. The van der Waals surface area contributed by atoms with Gasteiger partial charge in [-0.2, -0.15) is 0 Å². The van der Waals surface area contributed by atoms with Gasteiger partial charge in [-0.15, -0.1) is 0 Å². The maximum absolute atomic E-state index is 14.1. The highest BCUT2D eigenvalue weighted by Gasteiger charge is 2.36. The average molecular weight is 371 g/mol. The van der Waals surface area contributed by atoms with Crippen molar-refractivity contribution >= 4 is 11.0 Å². The number of imidazole rings is 1. The van der Waals surface area contributed by atoms with Gasteiger partial charge in [0.15, 0.2) is 0 Å². The topological polar surface area (TPSA) is 52.1 Å². The molecule has 1 atom stereocenters. The molecular weight excluding hydrogens is 348 g/mol. The van der Waals surface area contributed by atoms with Crippen LogP contribution >= 0.6 is 0 Å². The number of aliphatic hydroxyl groups excluding tert-OH is 1. The number of aromatic amines is 1. The van der Waals surface area contributed by atoms with Gasteiger partial charge in [-0.05, 0) is 49.6 Å². The van der Waals surface area contributed by atoms with Crippen LogP contribution in [0.25, 0.3) is 11.0 Å². The summed E-state index contributed by atoms with van der Waals surface area (Å²) in [6.45, 7) is 2.19. The van der Waals surface area contributed by atoms with Crippen molar-refractivity contribution in [1.29, 1.82) is 0 Å². The first-order valence-corrected chi connectivity index (χ1v) is 9.28. The summed E-state index contributed by atoms with van der Waals surface area (Å²) < 4.78 is 27.3. The normalized spacial score (nSPS) is 21.0. The number of likely N-dealkylation sites (tertiary alicyclic amines) is 1. The van der Waals surface area contributed by atoms with E-state index in [-0.39, 0.29) is 6.61 Å². The summed E-state index contributed by atoms with van der Waals surface area (Å²) in [6, 6.07) is 11.6. The zero-order valence-electron chi connectivity index (χ0n) is 15.1. The van der Waals surface area contributed by atoms with Crippen LogP contribution in [0.2, 0.25) is 0 Å². The number of hydrogen-bond donors (Lipinski definition) is 2. The second-order valence-corrected chi connectivity index (χ2v) is 7.59. The molecule has 3 aromatic rings. The van der Waals surface area contributed by atoms with Crippen molar-refractivity contribution in [3.05, 3.63) is 65.5 Å². The van der Waals surface area contributed by atoms with Crippen molar-refractivity contribution in [2.24, 2.45) is 5.41 Å². The molecule has 1 aliphatic rings. The van der Waals surface area contributed by atoms with Gasteiger partial charge in [0.25, 0.3) is 0 Å². The molecule has 0 amide bonds. The molecule has 2 heterocycles. The maximum atomic E-state index is 14.1. The van der Waals surface area contributed by atoms with Crippen molar-refractivity contribution < 1.29 is 13.9 Å². The number of aromatic nitrogens is 2. The molecule has 0 radical (unpaired) electrons. The molecular formula is C21H23F2N3O. The van der Waals surface area contributed by atoms with E-state index in [4.69, 9.17) is 0 Å². The number of nitrogens with one attached hydrogen (secondary N) is 1. The molecule has 4 nitrogen and oxygen atoms in total. The first kappa shape index (κ1) is 18.1. The fourth-order valence-corrected chi connectivity index (χ4v) is 4.14. The maximum Gasteiger partial charge on any atom is 0.129 e. The Morgan fingerprint density at radius 2 is 2.04 bits per heavy atom. The third-order valence-electron chi connectivity index (χ3n) is 5.47. The Hall–Kier alpha value is -2.31. The highest BCUT2D eigenvalue weighted by molar-refractivity contribution is 5.74. The lowest BCUT2D eigenvalue weighted by atomic mass is 9.75. The summed E-state index contributed by atoms with van der Waals surface area (Å²) in [5, 5.41) is 10.1. The highest BCUT2D eigenvalue weighted by Crippen LogP contribution is 2.34. The first-order valence-electron chi connectivity index (χ1n) is 9.28. The van der Waals surface area contributed by atoms with Gasteiger partial charge in [-0.3, -0.25) is 4.90 Å². The van der Waals surface area contributed by atoms with Crippen LogP contribution in [-0.2, 0) is 13.0 Å². The van der Waals surface area contributed by atoms with Crippen LogP contribution in [0.5, 0.6) is 0 Å². The van der Waals surface area contributed by atoms with Gasteiger partial charge in [0.05, 0.1) is 24.2 Å². The largest absolute Gasteiger partial charge is 0.396 e. The van der Waals surface area contributed by atoms with Gasteiger partial charge < -0.3 is 10.1 Å². The smallest absolute Gasteiger partial charge is 0.129 e. The molecule has 1 saturated heterocycles. The monoisotopic (exact) mass is 371 g/mol. The number of rotatable bonds is 5. The molecule has 0 bridgehead atoms. The summed E-state index contributed by atoms with van der Waals surface area (Å²) in [6.07, 6.45) is 2.13. The van der Waals surface area contributed by atoms with E-state index in [1.165, 1.54) is 12.1 Å². The third kappa shape index (κ3) is 3.87. The van der Waals surface area contributed by atoms with E-state index in [0.717, 1.165) is 42.3 Å². The Labute approximate surface area is 156 Å². The Kier molecular flexibility index (Phi) is 4.93.